The second-order valence-electron chi connectivity index (χ2n) is 5.52. The molecule has 26 heavy (non-hydrogen) atoms. The summed E-state index contributed by atoms with van der Waals surface area (Å²) in [6.45, 7) is 0. The highest BCUT2D eigenvalue weighted by Gasteiger charge is 2.13. The summed E-state index contributed by atoms with van der Waals surface area (Å²) >= 11 is 13.5. The van der Waals surface area contributed by atoms with Crippen LogP contribution in [0.3, 0.4) is 0 Å². The van der Waals surface area contributed by atoms with Crippen LogP contribution in [0.4, 0.5) is 0 Å². The molecule has 0 unspecified atom stereocenters. The van der Waals surface area contributed by atoms with Crippen molar-refractivity contribution in [2.24, 2.45) is 0 Å². The number of hydrogen-bond donors (Lipinski definition) is 0. The van der Waals surface area contributed by atoms with Gasteiger partial charge in [-0.05, 0) is 35.9 Å². The van der Waals surface area contributed by atoms with Crippen LogP contribution in [0, 0.1) is 11.3 Å². The molecular weight excluding hydrogens is 387 g/mol. The Bertz CT molecular complexity index is 1150. The molecular formula is C20H10Cl2N2OS. The quantitative estimate of drug-likeness (QED) is 0.352. The van der Waals surface area contributed by atoms with Crippen LogP contribution in [0.1, 0.15) is 10.6 Å². The summed E-state index contributed by atoms with van der Waals surface area (Å²) in [5, 5.41) is 14.1. The molecule has 0 radical (unpaired) electrons. The van der Waals surface area contributed by atoms with Crippen LogP contribution in [-0.2, 0) is 0 Å². The lowest BCUT2D eigenvalue weighted by Gasteiger charge is -2.00. The fourth-order valence-corrected chi connectivity index (χ4v) is 3.77. The van der Waals surface area contributed by atoms with E-state index in [1.54, 1.807) is 24.3 Å². The molecule has 4 aromatic rings. The molecule has 0 amide bonds. The Hall–Kier alpha value is -2.58. The van der Waals surface area contributed by atoms with E-state index in [1.165, 1.54) is 11.3 Å². The van der Waals surface area contributed by atoms with Gasteiger partial charge >= 0.3 is 0 Å². The molecule has 6 heteroatoms. The van der Waals surface area contributed by atoms with Gasteiger partial charge in [-0.15, -0.1) is 11.3 Å². The first kappa shape index (κ1) is 16.9. The molecule has 2 aromatic carbocycles. The van der Waals surface area contributed by atoms with Crippen molar-refractivity contribution in [3.8, 4) is 17.5 Å². The molecule has 0 aliphatic rings. The number of rotatable bonds is 3. The largest absolute Gasteiger partial charge is 0.454 e. The van der Waals surface area contributed by atoms with E-state index in [2.05, 4.69) is 11.1 Å². The minimum atomic E-state index is 0.432. The van der Waals surface area contributed by atoms with Gasteiger partial charge in [-0.25, -0.2) is 4.98 Å². The SMILES string of the molecule is N#C/C(=C\c1ccc(Cl)cc1Cl)c1nc(-c2cc3ccccc3o2)cs1. The molecule has 0 bridgehead atoms. The van der Waals surface area contributed by atoms with E-state index in [1.807, 2.05) is 35.7 Å². The minimum absolute atomic E-state index is 0.432. The fourth-order valence-electron chi connectivity index (χ4n) is 2.53. The predicted octanol–water partition coefficient (Wildman–Crippen LogP) is 6.93. The maximum absolute atomic E-state index is 9.54. The zero-order valence-electron chi connectivity index (χ0n) is 13.2. The van der Waals surface area contributed by atoms with Crippen molar-refractivity contribution in [3.05, 3.63) is 74.5 Å². The number of thiazole rings is 1. The van der Waals surface area contributed by atoms with E-state index < -0.39 is 0 Å². The summed E-state index contributed by atoms with van der Waals surface area (Å²) in [6, 6.07) is 17.1. The third kappa shape index (κ3) is 3.25. The monoisotopic (exact) mass is 396 g/mol. The van der Waals surface area contributed by atoms with Gasteiger partial charge in [0.15, 0.2) is 5.76 Å². The average Bonchev–Trinajstić information content (AvgIpc) is 3.28. The number of hydrogen-bond acceptors (Lipinski definition) is 4. The second-order valence-corrected chi connectivity index (χ2v) is 7.22. The van der Waals surface area contributed by atoms with E-state index >= 15 is 0 Å². The second kappa shape index (κ2) is 6.97. The zero-order chi connectivity index (χ0) is 18.1. The molecule has 4 rings (SSSR count). The fraction of sp³-hybridized carbons (Fsp3) is 0. The number of nitriles is 1. The van der Waals surface area contributed by atoms with E-state index in [-0.39, 0.29) is 0 Å². The van der Waals surface area contributed by atoms with Gasteiger partial charge < -0.3 is 4.42 Å². The summed E-state index contributed by atoms with van der Waals surface area (Å²) in [4.78, 5) is 4.56. The standard InChI is InChI=1S/C20H10Cl2N2OS/c21-15-6-5-12(16(22)9-15)7-14(10-23)20-24-17(11-26-20)19-8-13-3-1-2-4-18(13)25-19/h1-9,11H/b14-7+. The minimum Gasteiger partial charge on any atom is -0.454 e. The van der Waals surface area contributed by atoms with Crippen LogP contribution in [0.2, 0.25) is 10.0 Å². The molecule has 0 fully saturated rings. The Kier molecular flexibility index (Phi) is 4.52. The lowest BCUT2D eigenvalue weighted by Crippen LogP contribution is -1.83. The van der Waals surface area contributed by atoms with Crippen LogP contribution >= 0.6 is 34.5 Å². The molecule has 0 N–H and O–H groups in total. The first-order chi connectivity index (χ1) is 12.6. The Morgan fingerprint density at radius 3 is 2.77 bits per heavy atom. The third-order valence-electron chi connectivity index (χ3n) is 3.80. The summed E-state index contributed by atoms with van der Waals surface area (Å²) in [5.74, 6) is 0.676. The molecule has 0 atom stereocenters. The molecule has 0 aliphatic carbocycles. The van der Waals surface area contributed by atoms with Gasteiger partial charge in [0.25, 0.3) is 0 Å². The lowest BCUT2D eigenvalue weighted by molar-refractivity contribution is 0.629. The number of aromatic nitrogens is 1. The van der Waals surface area contributed by atoms with Crippen molar-refractivity contribution in [1.29, 1.82) is 5.26 Å². The summed E-state index contributed by atoms with van der Waals surface area (Å²) < 4.78 is 5.84. The number of nitrogens with zero attached hydrogens (tertiary/aromatic N) is 2. The van der Waals surface area contributed by atoms with Crippen LogP contribution in [0.25, 0.3) is 34.1 Å². The molecule has 0 spiro atoms. The van der Waals surface area contributed by atoms with Crippen molar-refractivity contribution < 1.29 is 4.42 Å². The van der Waals surface area contributed by atoms with Gasteiger partial charge in [-0.3, -0.25) is 0 Å². The first-order valence-corrected chi connectivity index (χ1v) is 9.29. The smallest absolute Gasteiger partial charge is 0.154 e. The Morgan fingerprint density at radius 1 is 1.15 bits per heavy atom. The third-order valence-corrected chi connectivity index (χ3v) is 5.23. The van der Waals surface area contributed by atoms with Crippen molar-refractivity contribution >= 4 is 57.2 Å². The number of halogens is 2. The van der Waals surface area contributed by atoms with Crippen LogP contribution in [-0.4, -0.2) is 4.98 Å². The topological polar surface area (TPSA) is 49.8 Å². The number of para-hydroxylation sites is 1. The molecule has 0 saturated heterocycles. The van der Waals surface area contributed by atoms with Gasteiger partial charge in [0, 0.05) is 20.8 Å². The lowest BCUT2D eigenvalue weighted by atomic mass is 10.1. The van der Waals surface area contributed by atoms with Crippen LogP contribution < -0.4 is 0 Å². The van der Waals surface area contributed by atoms with E-state index in [9.17, 15) is 5.26 Å². The maximum atomic E-state index is 9.54. The highest BCUT2D eigenvalue weighted by molar-refractivity contribution is 7.11. The Labute approximate surface area is 163 Å². The van der Waals surface area contributed by atoms with Crippen molar-refractivity contribution in [2.45, 2.75) is 0 Å². The Balaban J connectivity index is 1.71. The molecule has 0 saturated carbocycles. The van der Waals surface area contributed by atoms with Crippen molar-refractivity contribution in [3.63, 3.8) is 0 Å². The van der Waals surface area contributed by atoms with Crippen molar-refractivity contribution in [2.75, 3.05) is 0 Å². The summed E-state index contributed by atoms with van der Waals surface area (Å²) in [6.07, 6.45) is 1.71. The highest BCUT2D eigenvalue weighted by Crippen LogP contribution is 2.32. The Morgan fingerprint density at radius 2 is 2.00 bits per heavy atom. The number of allylic oxidation sites excluding steroid dienone is 1. The van der Waals surface area contributed by atoms with E-state index in [4.69, 9.17) is 27.6 Å². The van der Waals surface area contributed by atoms with Gasteiger partial charge in [0.05, 0.1) is 5.57 Å². The van der Waals surface area contributed by atoms with Crippen LogP contribution in [0.5, 0.6) is 0 Å². The molecule has 126 valence electrons. The van der Waals surface area contributed by atoms with Gasteiger partial charge in [0.1, 0.15) is 22.4 Å². The average molecular weight is 397 g/mol. The van der Waals surface area contributed by atoms with Gasteiger partial charge in [0.2, 0.25) is 0 Å². The van der Waals surface area contributed by atoms with Gasteiger partial charge in [-0.1, -0.05) is 47.5 Å². The first-order valence-electron chi connectivity index (χ1n) is 7.66. The van der Waals surface area contributed by atoms with E-state index in [0.717, 1.165) is 11.0 Å². The summed E-state index contributed by atoms with van der Waals surface area (Å²) in [5.41, 5.74) is 2.65. The van der Waals surface area contributed by atoms with Crippen LogP contribution in [0.15, 0.2) is 58.3 Å². The molecule has 0 aliphatic heterocycles. The molecule has 2 heterocycles. The molecule has 3 nitrogen and oxygen atoms in total. The number of furan rings is 1. The van der Waals surface area contributed by atoms with E-state index in [0.29, 0.717) is 37.6 Å². The highest BCUT2D eigenvalue weighted by atomic mass is 35.5. The normalized spacial score (nSPS) is 11.7. The zero-order valence-corrected chi connectivity index (χ0v) is 15.6. The number of fused-ring (bicyclic) bond motifs is 1. The van der Waals surface area contributed by atoms with Gasteiger partial charge in [-0.2, -0.15) is 5.26 Å². The van der Waals surface area contributed by atoms with Crippen molar-refractivity contribution in [1.82, 2.24) is 4.98 Å². The summed E-state index contributed by atoms with van der Waals surface area (Å²) in [7, 11) is 0. The number of benzene rings is 2. The predicted molar refractivity (Wildman–Crippen MR) is 107 cm³/mol. The maximum Gasteiger partial charge on any atom is 0.154 e. The molecule has 2 aromatic heterocycles.